The van der Waals surface area contributed by atoms with Crippen LogP contribution in [0.1, 0.15) is 49.9 Å². The van der Waals surface area contributed by atoms with Crippen LogP contribution in [0.5, 0.6) is 0 Å². The molecule has 1 aliphatic rings. The Balaban J connectivity index is 2.04. The van der Waals surface area contributed by atoms with Gasteiger partial charge in [0.25, 0.3) is 5.69 Å². The molecule has 1 aliphatic carbocycles. The Kier molecular flexibility index (Phi) is 4.66. The molecule has 0 heterocycles. The number of nitro groups is 1. The van der Waals surface area contributed by atoms with Gasteiger partial charge in [-0.05, 0) is 59.2 Å². The number of nitrogens with zero attached hydrogens (tertiary/aromatic N) is 1. The van der Waals surface area contributed by atoms with Crippen LogP contribution in [0.2, 0.25) is 0 Å². The van der Waals surface area contributed by atoms with E-state index in [0.717, 1.165) is 25.7 Å². The smallest absolute Gasteiger partial charge is 0.338 e. The lowest BCUT2D eigenvalue weighted by Gasteiger charge is -2.33. The van der Waals surface area contributed by atoms with Gasteiger partial charge in [-0.15, -0.1) is 0 Å². The summed E-state index contributed by atoms with van der Waals surface area (Å²) < 4.78 is 5.82. The fraction of sp³-hybridized carbons (Fsp3) is 0.533. The van der Waals surface area contributed by atoms with E-state index in [4.69, 9.17) is 4.74 Å². The second-order valence-corrected chi connectivity index (χ2v) is 7.05. The molecular weight excluding hydrogens is 338 g/mol. The normalized spacial score (nSPS) is 18.2. The first-order valence-electron chi connectivity index (χ1n) is 6.93. The van der Waals surface area contributed by atoms with Crippen molar-refractivity contribution in [1.29, 1.82) is 0 Å². The Morgan fingerprint density at radius 1 is 1.38 bits per heavy atom. The standard InChI is InChI=1S/C15H18BrNO4/c1-15(2)7-5-11(6-8-15)21-14(18)10-3-4-12(16)13(9-10)17(19)20/h3-4,9,11H,5-8H2,1-2H3. The van der Waals surface area contributed by atoms with Gasteiger partial charge in [-0.3, -0.25) is 10.1 Å². The van der Waals surface area contributed by atoms with Crippen LogP contribution in [0, 0.1) is 15.5 Å². The average molecular weight is 356 g/mol. The molecule has 0 amide bonds. The van der Waals surface area contributed by atoms with Crippen LogP contribution in [0.3, 0.4) is 0 Å². The van der Waals surface area contributed by atoms with Gasteiger partial charge in [-0.25, -0.2) is 4.79 Å². The number of carbonyl (C=O) groups is 1. The summed E-state index contributed by atoms with van der Waals surface area (Å²) in [6.45, 7) is 4.42. The molecule has 114 valence electrons. The highest BCUT2D eigenvalue weighted by atomic mass is 79.9. The molecular formula is C15H18BrNO4. The molecule has 0 radical (unpaired) electrons. The minimum absolute atomic E-state index is 0.0896. The van der Waals surface area contributed by atoms with Crippen molar-refractivity contribution in [2.24, 2.45) is 5.41 Å². The Hall–Kier alpha value is -1.43. The molecule has 5 nitrogen and oxygen atoms in total. The number of carbonyl (C=O) groups excluding carboxylic acids is 1. The first-order chi connectivity index (χ1) is 9.78. The van der Waals surface area contributed by atoms with E-state index in [1.807, 2.05) is 0 Å². The zero-order chi connectivity index (χ0) is 15.6. The average Bonchev–Trinajstić information content (AvgIpc) is 2.41. The summed E-state index contributed by atoms with van der Waals surface area (Å²) in [5, 5.41) is 10.9. The maximum atomic E-state index is 12.1. The van der Waals surface area contributed by atoms with E-state index in [0.29, 0.717) is 9.89 Å². The lowest BCUT2D eigenvalue weighted by molar-refractivity contribution is -0.385. The summed E-state index contributed by atoms with van der Waals surface area (Å²) >= 11 is 3.10. The molecule has 6 heteroatoms. The fourth-order valence-corrected chi connectivity index (χ4v) is 2.88. The van der Waals surface area contributed by atoms with Gasteiger partial charge in [0.1, 0.15) is 6.10 Å². The Morgan fingerprint density at radius 3 is 2.57 bits per heavy atom. The van der Waals surface area contributed by atoms with Crippen LogP contribution < -0.4 is 0 Å². The first kappa shape index (κ1) is 15.9. The van der Waals surface area contributed by atoms with E-state index in [1.165, 1.54) is 18.2 Å². The molecule has 0 saturated heterocycles. The summed E-state index contributed by atoms with van der Waals surface area (Å²) in [6, 6.07) is 4.28. The van der Waals surface area contributed by atoms with Crippen LogP contribution in [0.15, 0.2) is 22.7 Å². The van der Waals surface area contributed by atoms with Crippen molar-refractivity contribution in [2.45, 2.75) is 45.6 Å². The van der Waals surface area contributed by atoms with Crippen LogP contribution in [-0.4, -0.2) is 17.0 Å². The maximum absolute atomic E-state index is 12.1. The van der Waals surface area contributed by atoms with Gasteiger partial charge < -0.3 is 4.74 Å². The molecule has 0 atom stereocenters. The molecule has 1 aromatic rings. The van der Waals surface area contributed by atoms with Gasteiger partial charge in [0.15, 0.2) is 0 Å². The molecule has 0 N–H and O–H groups in total. The van der Waals surface area contributed by atoms with Crippen LogP contribution in [0.25, 0.3) is 0 Å². The number of ether oxygens (including phenoxy) is 1. The van der Waals surface area contributed by atoms with Crippen LogP contribution in [0.4, 0.5) is 5.69 Å². The third kappa shape index (κ3) is 4.03. The summed E-state index contributed by atoms with van der Waals surface area (Å²) in [7, 11) is 0. The Morgan fingerprint density at radius 2 is 2.00 bits per heavy atom. The van der Waals surface area contributed by atoms with Crippen LogP contribution >= 0.6 is 15.9 Å². The maximum Gasteiger partial charge on any atom is 0.338 e. The van der Waals surface area contributed by atoms with Crippen molar-refractivity contribution in [3.63, 3.8) is 0 Å². The van der Waals surface area contributed by atoms with E-state index >= 15 is 0 Å². The molecule has 2 rings (SSSR count). The van der Waals surface area contributed by atoms with Crippen molar-refractivity contribution in [2.75, 3.05) is 0 Å². The molecule has 21 heavy (non-hydrogen) atoms. The number of nitro benzene ring substituents is 1. The van der Waals surface area contributed by atoms with Crippen molar-refractivity contribution in [3.05, 3.63) is 38.3 Å². The fourth-order valence-electron chi connectivity index (χ4n) is 2.49. The number of hydrogen-bond donors (Lipinski definition) is 0. The van der Waals surface area contributed by atoms with Gasteiger partial charge in [0.2, 0.25) is 0 Å². The molecule has 0 spiro atoms. The number of benzene rings is 1. The monoisotopic (exact) mass is 355 g/mol. The van der Waals surface area contributed by atoms with E-state index in [-0.39, 0.29) is 17.4 Å². The number of rotatable bonds is 3. The molecule has 1 fully saturated rings. The highest BCUT2D eigenvalue weighted by molar-refractivity contribution is 9.10. The zero-order valence-electron chi connectivity index (χ0n) is 12.1. The summed E-state index contributed by atoms with van der Waals surface area (Å²) in [5.41, 5.74) is 0.392. The molecule has 1 saturated carbocycles. The Bertz CT molecular complexity index is 561. The second-order valence-electron chi connectivity index (χ2n) is 6.19. The van der Waals surface area contributed by atoms with Gasteiger partial charge >= 0.3 is 5.97 Å². The predicted octanol–water partition coefficient (Wildman–Crippen LogP) is 4.48. The minimum Gasteiger partial charge on any atom is -0.459 e. The minimum atomic E-state index is -0.524. The quantitative estimate of drug-likeness (QED) is 0.455. The number of esters is 1. The van der Waals surface area contributed by atoms with E-state index < -0.39 is 10.9 Å². The highest BCUT2D eigenvalue weighted by Crippen LogP contribution is 2.36. The highest BCUT2D eigenvalue weighted by Gasteiger charge is 2.29. The number of halogens is 1. The molecule has 0 aliphatic heterocycles. The van der Waals surface area contributed by atoms with Crippen molar-refractivity contribution in [3.8, 4) is 0 Å². The van der Waals surface area contributed by atoms with Gasteiger partial charge in [-0.1, -0.05) is 13.8 Å². The first-order valence-corrected chi connectivity index (χ1v) is 7.73. The van der Waals surface area contributed by atoms with E-state index in [9.17, 15) is 14.9 Å². The van der Waals surface area contributed by atoms with Crippen molar-refractivity contribution in [1.82, 2.24) is 0 Å². The number of hydrogen-bond acceptors (Lipinski definition) is 4. The zero-order valence-corrected chi connectivity index (χ0v) is 13.7. The third-order valence-electron chi connectivity index (χ3n) is 3.94. The second kappa shape index (κ2) is 6.13. The molecule has 0 aromatic heterocycles. The largest absolute Gasteiger partial charge is 0.459 e. The van der Waals surface area contributed by atoms with Crippen LogP contribution in [-0.2, 0) is 4.74 Å². The molecule has 0 unspecified atom stereocenters. The SMILES string of the molecule is CC1(C)CCC(OC(=O)c2ccc(Br)c([N+](=O)[O-])c2)CC1. The molecule has 1 aromatic carbocycles. The van der Waals surface area contributed by atoms with Crippen molar-refractivity contribution < 1.29 is 14.5 Å². The summed E-state index contributed by atoms with van der Waals surface area (Å²) in [6.07, 6.45) is 3.64. The summed E-state index contributed by atoms with van der Waals surface area (Å²) in [4.78, 5) is 22.5. The Labute approximate surface area is 132 Å². The van der Waals surface area contributed by atoms with E-state index in [2.05, 4.69) is 29.8 Å². The van der Waals surface area contributed by atoms with Crippen molar-refractivity contribution >= 4 is 27.6 Å². The predicted molar refractivity (Wildman–Crippen MR) is 82.2 cm³/mol. The topological polar surface area (TPSA) is 69.4 Å². The van der Waals surface area contributed by atoms with Gasteiger partial charge in [0.05, 0.1) is 15.0 Å². The van der Waals surface area contributed by atoms with Gasteiger partial charge in [-0.2, -0.15) is 0 Å². The van der Waals surface area contributed by atoms with E-state index in [1.54, 1.807) is 0 Å². The summed E-state index contributed by atoms with van der Waals surface area (Å²) in [5.74, 6) is -0.490. The molecule has 0 bridgehead atoms. The lowest BCUT2D eigenvalue weighted by Crippen LogP contribution is -2.28. The van der Waals surface area contributed by atoms with Gasteiger partial charge in [0, 0.05) is 6.07 Å². The lowest BCUT2D eigenvalue weighted by atomic mass is 9.76. The third-order valence-corrected chi connectivity index (χ3v) is 4.61.